The second kappa shape index (κ2) is 8.04. The molecule has 2 nitrogen and oxygen atoms in total. The highest BCUT2D eigenvalue weighted by atomic mass is 19.2. The second-order valence-electron chi connectivity index (χ2n) is 6.19. The van der Waals surface area contributed by atoms with Gasteiger partial charge in [-0.3, -0.25) is 0 Å². The summed E-state index contributed by atoms with van der Waals surface area (Å²) in [7, 11) is 0. The van der Waals surface area contributed by atoms with Gasteiger partial charge in [-0.15, -0.1) is 0 Å². The van der Waals surface area contributed by atoms with Crippen molar-refractivity contribution in [1.82, 2.24) is 0 Å². The Bertz CT molecular complexity index is 709. The maximum atomic E-state index is 13.1. The molecule has 24 heavy (non-hydrogen) atoms. The minimum atomic E-state index is -0.885. The van der Waals surface area contributed by atoms with Gasteiger partial charge < -0.3 is 4.84 Å². The van der Waals surface area contributed by atoms with E-state index in [9.17, 15) is 8.78 Å². The van der Waals surface area contributed by atoms with Gasteiger partial charge in [-0.05, 0) is 48.1 Å². The SMILES string of the molecule is Fc1ccc(CO/N=[C]\c2cccc(C3CCCCC3)c2)cc1F. The summed E-state index contributed by atoms with van der Waals surface area (Å²) in [4.78, 5) is 5.13. The zero-order valence-electron chi connectivity index (χ0n) is 13.5. The maximum absolute atomic E-state index is 13.1. The van der Waals surface area contributed by atoms with Crippen LogP contribution in [0.2, 0.25) is 0 Å². The predicted octanol–water partition coefficient (Wildman–Crippen LogP) is 5.44. The Morgan fingerprint density at radius 2 is 1.83 bits per heavy atom. The van der Waals surface area contributed by atoms with E-state index in [-0.39, 0.29) is 6.61 Å². The van der Waals surface area contributed by atoms with Crippen LogP contribution in [0, 0.1) is 11.6 Å². The van der Waals surface area contributed by atoms with E-state index >= 15 is 0 Å². The van der Waals surface area contributed by atoms with Crippen LogP contribution >= 0.6 is 0 Å². The molecule has 1 fully saturated rings. The molecule has 0 bridgehead atoms. The van der Waals surface area contributed by atoms with Crippen LogP contribution in [0.4, 0.5) is 8.78 Å². The first-order valence-electron chi connectivity index (χ1n) is 8.34. The molecular formula is C20H20F2NO. The van der Waals surface area contributed by atoms with Crippen LogP contribution in [0.25, 0.3) is 0 Å². The highest BCUT2D eigenvalue weighted by Crippen LogP contribution is 2.32. The van der Waals surface area contributed by atoms with Gasteiger partial charge in [0.25, 0.3) is 0 Å². The fourth-order valence-electron chi connectivity index (χ4n) is 3.12. The number of hydrogen-bond acceptors (Lipinski definition) is 2. The van der Waals surface area contributed by atoms with E-state index in [0.29, 0.717) is 11.5 Å². The summed E-state index contributed by atoms with van der Waals surface area (Å²) < 4.78 is 25.9. The molecule has 2 aromatic rings. The van der Waals surface area contributed by atoms with Gasteiger partial charge in [-0.25, -0.2) is 8.78 Å². The Balaban J connectivity index is 1.57. The summed E-state index contributed by atoms with van der Waals surface area (Å²) in [5.41, 5.74) is 2.72. The summed E-state index contributed by atoms with van der Waals surface area (Å²) in [6, 6.07) is 11.8. The largest absolute Gasteiger partial charge is 0.390 e. The molecule has 4 heteroatoms. The van der Waals surface area contributed by atoms with Gasteiger partial charge in [0.05, 0.1) is 0 Å². The van der Waals surface area contributed by atoms with E-state index in [1.807, 2.05) is 12.1 Å². The molecule has 2 aromatic carbocycles. The third-order valence-electron chi connectivity index (χ3n) is 4.42. The molecule has 0 spiro atoms. The molecule has 1 saturated carbocycles. The standard InChI is InChI=1S/C20H20F2NO/c21-19-10-9-16(12-20(19)22)14-24-23-13-15-5-4-8-18(11-15)17-6-2-1-3-7-17/h4-5,8-12,17H,1-3,6-7,14H2. The van der Waals surface area contributed by atoms with Crippen molar-refractivity contribution < 1.29 is 13.6 Å². The van der Waals surface area contributed by atoms with Crippen LogP contribution in [0.5, 0.6) is 0 Å². The van der Waals surface area contributed by atoms with Gasteiger partial charge in [0, 0.05) is 5.56 Å². The van der Waals surface area contributed by atoms with Crippen molar-refractivity contribution in [2.45, 2.75) is 44.6 Å². The third kappa shape index (κ3) is 4.40. The average molecular weight is 328 g/mol. The first-order valence-corrected chi connectivity index (χ1v) is 8.34. The van der Waals surface area contributed by atoms with Gasteiger partial charge in [0.1, 0.15) is 12.8 Å². The Hall–Kier alpha value is -2.23. The average Bonchev–Trinajstić information content (AvgIpc) is 2.63. The number of hydrogen-bond donors (Lipinski definition) is 0. The van der Waals surface area contributed by atoms with Gasteiger partial charge in [-0.2, -0.15) is 0 Å². The van der Waals surface area contributed by atoms with Crippen molar-refractivity contribution in [3.8, 4) is 0 Å². The lowest BCUT2D eigenvalue weighted by atomic mass is 9.84. The van der Waals surface area contributed by atoms with Crippen LogP contribution < -0.4 is 0 Å². The van der Waals surface area contributed by atoms with Crippen molar-refractivity contribution >= 4 is 6.21 Å². The van der Waals surface area contributed by atoms with E-state index in [2.05, 4.69) is 23.5 Å². The Labute approximate surface area is 141 Å². The molecule has 0 amide bonds. The number of nitrogens with zero attached hydrogens (tertiary/aromatic N) is 1. The number of benzene rings is 2. The van der Waals surface area contributed by atoms with E-state index in [1.54, 1.807) is 0 Å². The summed E-state index contributed by atoms with van der Waals surface area (Å²) in [5, 5.41) is 3.81. The fraction of sp³-hybridized carbons (Fsp3) is 0.350. The van der Waals surface area contributed by atoms with Crippen molar-refractivity contribution in [2.24, 2.45) is 5.16 Å². The van der Waals surface area contributed by atoms with Crippen molar-refractivity contribution in [1.29, 1.82) is 0 Å². The molecule has 1 aliphatic rings. The molecule has 0 aromatic heterocycles. The summed E-state index contributed by atoms with van der Waals surface area (Å²) in [6.07, 6.45) is 9.27. The molecule has 0 aliphatic heterocycles. The third-order valence-corrected chi connectivity index (χ3v) is 4.42. The van der Waals surface area contributed by atoms with Crippen LogP contribution in [0.15, 0.2) is 47.6 Å². The van der Waals surface area contributed by atoms with Crippen LogP contribution in [0.1, 0.15) is 54.7 Å². The van der Waals surface area contributed by atoms with Gasteiger partial charge in [-0.1, -0.05) is 48.7 Å². The quantitative estimate of drug-likeness (QED) is 0.529. The highest BCUT2D eigenvalue weighted by molar-refractivity contribution is 5.79. The van der Waals surface area contributed by atoms with E-state index in [1.165, 1.54) is 43.7 Å². The molecule has 1 radical (unpaired) electrons. The molecule has 0 N–H and O–H groups in total. The van der Waals surface area contributed by atoms with Crippen molar-refractivity contribution in [3.05, 3.63) is 70.8 Å². The topological polar surface area (TPSA) is 21.6 Å². The molecule has 0 saturated heterocycles. The van der Waals surface area contributed by atoms with E-state index in [4.69, 9.17) is 4.84 Å². The van der Waals surface area contributed by atoms with E-state index in [0.717, 1.165) is 17.7 Å². The van der Waals surface area contributed by atoms with Crippen molar-refractivity contribution in [3.63, 3.8) is 0 Å². The monoisotopic (exact) mass is 328 g/mol. The van der Waals surface area contributed by atoms with Crippen LogP contribution in [-0.2, 0) is 11.4 Å². The van der Waals surface area contributed by atoms with Gasteiger partial charge in [0.15, 0.2) is 11.6 Å². The van der Waals surface area contributed by atoms with Crippen LogP contribution in [0.3, 0.4) is 0 Å². The molecule has 125 valence electrons. The normalized spacial score (nSPS) is 15.8. The molecule has 0 atom stereocenters. The summed E-state index contributed by atoms with van der Waals surface area (Å²) >= 11 is 0. The van der Waals surface area contributed by atoms with Gasteiger partial charge in [0.2, 0.25) is 0 Å². The lowest BCUT2D eigenvalue weighted by Crippen LogP contribution is -2.04. The minimum absolute atomic E-state index is 0.0759. The Morgan fingerprint density at radius 3 is 2.62 bits per heavy atom. The predicted molar refractivity (Wildman–Crippen MR) is 90.0 cm³/mol. The highest BCUT2D eigenvalue weighted by Gasteiger charge is 2.15. The summed E-state index contributed by atoms with van der Waals surface area (Å²) in [6.45, 7) is 0.0759. The maximum Gasteiger partial charge on any atom is 0.159 e. The molecule has 0 heterocycles. The van der Waals surface area contributed by atoms with Gasteiger partial charge >= 0.3 is 0 Å². The molecule has 0 unspecified atom stereocenters. The fourth-order valence-corrected chi connectivity index (χ4v) is 3.12. The molecule has 3 rings (SSSR count). The molecular weight excluding hydrogens is 308 g/mol. The summed E-state index contributed by atoms with van der Waals surface area (Å²) in [5.74, 6) is -1.12. The zero-order valence-corrected chi connectivity index (χ0v) is 13.5. The van der Waals surface area contributed by atoms with Crippen molar-refractivity contribution in [2.75, 3.05) is 0 Å². The first kappa shape index (κ1) is 16.6. The number of halogens is 2. The Kier molecular flexibility index (Phi) is 5.57. The van der Waals surface area contributed by atoms with E-state index < -0.39 is 11.6 Å². The second-order valence-corrected chi connectivity index (χ2v) is 6.19. The smallest absolute Gasteiger partial charge is 0.159 e. The lowest BCUT2D eigenvalue weighted by Gasteiger charge is -2.22. The number of rotatable bonds is 5. The van der Waals surface area contributed by atoms with Crippen LogP contribution in [-0.4, -0.2) is 6.21 Å². The Morgan fingerprint density at radius 1 is 1.00 bits per heavy atom. The molecule has 1 aliphatic carbocycles. The first-order chi connectivity index (χ1) is 11.7. The zero-order chi connectivity index (χ0) is 16.8. The lowest BCUT2D eigenvalue weighted by molar-refractivity contribution is 0.132. The minimum Gasteiger partial charge on any atom is -0.390 e.